The number of hydrogen-bond acceptors (Lipinski definition) is 4. The van der Waals surface area contributed by atoms with Crippen LogP contribution in [0.1, 0.15) is 33.1 Å². The van der Waals surface area contributed by atoms with Crippen LogP contribution >= 0.6 is 0 Å². The van der Waals surface area contributed by atoms with Gasteiger partial charge in [-0.25, -0.2) is 8.42 Å². The van der Waals surface area contributed by atoms with Crippen molar-refractivity contribution in [3.8, 4) is 0 Å². The van der Waals surface area contributed by atoms with E-state index in [4.69, 9.17) is 0 Å². The Labute approximate surface area is 109 Å². The van der Waals surface area contributed by atoms with Gasteiger partial charge in [0.2, 0.25) is 5.91 Å². The molecule has 0 saturated carbocycles. The molecule has 2 rings (SSSR count). The number of sulfone groups is 1. The van der Waals surface area contributed by atoms with Gasteiger partial charge in [-0.15, -0.1) is 0 Å². The first kappa shape index (κ1) is 13.8. The van der Waals surface area contributed by atoms with Gasteiger partial charge in [-0.3, -0.25) is 4.79 Å². The Morgan fingerprint density at radius 1 is 1.33 bits per heavy atom. The van der Waals surface area contributed by atoms with Crippen molar-refractivity contribution in [2.24, 2.45) is 0 Å². The number of nitrogens with one attached hydrogen (secondary N) is 1. The number of carbonyl (C=O) groups excluding carboxylic acids is 1. The van der Waals surface area contributed by atoms with Gasteiger partial charge in [0.1, 0.15) is 5.25 Å². The first-order valence-electron chi connectivity index (χ1n) is 6.57. The van der Waals surface area contributed by atoms with Crippen LogP contribution in [0.15, 0.2) is 0 Å². The van der Waals surface area contributed by atoms with Crippen LogP contribution in [0.25, 0.3) is 0 Å². The SMILES string of the molecule is CC1(C)CN(C(=O)C2CCCCS2(=O)=O)CCN1. The lowest BCUT2D eigenvalue weighted by Crippen LogP contribution is -2.60. The first-order valence-corrected chi connectivity index (χ1v) is 8.29. The van der Waals surface area contributed by atoms with Crippen molar-refractivity contribution < 1.29 is 13.2 Å². The summed E-state index contributed by atoms with van der Waals surface area (Å²) in [4.78, 5) is 14.1. The van der Waals surface area contributed by atoms with Crippen molar-refractivity contribution >= 4 is 15.7 Å². The zero-order valence-electron chi connectivity index (χ0n) is 11.1. The molecule has 2 aliphatic heterocycles. The van der Waals surface area contributed by atoms with Gasteiger partial charge in [0.05, 0.1) is 5.75 Å². The summed E-state index contributed by atoms with van der Waals surface area (Å²) >= 11 is 0. The van der Waals surface area contributed by atoms with Gasteiger partial charge >= 0.3 is 0 Å². The monoisotopic (exact) mass is 274 g/mol. The van der Waals surface area contributed by atoms with Gasteiger partial charge in [-0.05, 0) is 26.7 Å². The van der Waals surface area contributed by atoms with Gasteiger partial charge in [0.25, 0.3) is 0 Å². The Morgan fingerprint density at radius 2 is 2.06 bits per heavy atom. The average Bonchev–Trinajstić information content (AvgIpc) is 2.26. The molecule has 0 aliphatic carbocycles. The van der Waals surface area contributed by atoms with Crippen molar-refractivity contribution in [3.63, 3.8) is 0 Å². The molecule has 5 nitrogen and oxygen atoms in total. The van der Waals surface area contributed by atoms with Gasteiger partial charge < -0.3 is 10.2 Å². The average molecular weight is 274 g/mol. The third-order valence-electron chi connectivity index (χ3n) is 3.74. The number of piperazine rings is 1. The molecule has 0 aromatic carbocycles. The summed E-state index contributed by atoms with van der Waals surface area (Å²) in [6.45, 7) is 5.97. The fourth-order valence-corrected chi connectivity index (χ4v) is 4.64. The normalized spacial score (nSPS) is 31.0. The van der Waals surface area contributed by atoms with Crippen molar-refractivity contribution in [1.82, 2.24) is 10.2 Å². The van der Waals surface area contributed by atoms with E-state index in [0.717, 1.165) is 13.0 Å². The third-order valence-corrected chi connectivity index (χ3v) is 5.90. The lowest BCUT2D eigenvalue weighted by atomic mass is 10.0. The topological polar surface area (TPSA) is 66.5 Å². The lowest BCUT2D eigenvalue weighted by Gasteiger charge is -2.40. The van der Waals surface area contributed by atoms with E-state index in [9.17, 15) is 13.2 Å². The van der Waals surface area contributed by atoms with Crippen LogP contribution < -0.4 is 5.32 Å². The second-order valence-electron chi connectivity index (χ2n) is 5.92. The van der Waals surface area contributed by atoms with Crippen molar-refractivity contribution in [2.75, 3.05) is 25.4 Å². The minimum Gasteiger partial charge on any atom is -0.338 e. The molecule has 2 fully saturated rings. The summed E-state index contributed by atoms with van der Waals surface area (Å²) in [6, 6.07) is 0. The second-order valence-corrected chi connectivity index (χ2v) is 8.22. The molecule has 1 N–H and O–H groups in total. The highest BCUT2D eigenvalue weighted by molar-refractivity contribution is 7.92. The molecule has 2 heterocycles. The molecule has 6 heteroatoms. The summed E-state index contributed by atoms with van der Waals surface area (Å²) < 4.78 is 23.9. The maximum absolute atomic E-state index is 12.4. The Morgan fingerprint density at radius 3 is 2.67 bits per heavy atom. The van der Waals surface area contributed by atoms with Crippen LogP contribution in [0.3, 0.4) is 0 Å². The minimum atomic E-state index is -3.22. The van der Waals surface area contributed by atoms with Gasteiger partial charge in [-0.2, -0.15) is 0 Å². The summed E-state index contributed by atoms with van der Waals surface area (Å²) in [5.41, 5.74) is -0.133. The smallest absolute Gasteiger partial charge is 0.241 e. The third kappa shape index (κ3) is 2.85. The molecule has 104 valence electrons. The van der Waals surface area contributed by atoms with E-state index < -0.39 is 15.1 Å². The van der Waals surface area contributed by atoms with Crippen LogP contribution in [0.4, 0.5) is 0 Å². The van der Waals surface area contributed by atoms with Crippen molar-refractivity contribution in [1.29, 1.82) is 0 Å². The Bertz CT molecular complexity index is 431. The summed E-state index contributed by atoms with van der Waals surface area (Å²) in [7, 11) is -3.22. The van der Waals surface area contributed by atoms with E-state index in [2.05, 4.69) is 5.32 Å². The molecule has 0 radical (unpaired) electrons. The summed E-state index contributed by atoms with van der Waals surface area (Å²) in [5, 5.41) is 2.53. The van der Waals surface area contributed by atoms with Gasteiger partial charge in [-0.1, -0.05) is 6.42 Å². The van der Waals surface area contributed by atoms with E-state index in [1.54, 1.807) is 4.90 Å². The van der Waals surface area contributed by atoms with Crippen LogP contribution in [0.2, 0.25) is 0 Å². The predicted molar refractivity (Wildman–Crippen MR) is 70.1 cm³/mol. The molecule has 2 aliphatic rings. The number of nitrogens with zero attached hydrogens (tertiary/aromatic N) is 1. The molecule has 0 spiro atoms. The van der Waals surface area contributed by atoms with E-state index in [1.165, 1.54) is 0 Å². The molecule has 1 unspecified atom stereocenters. The fraction of sp³-hybridized carbons (Fsp3) is 0.917. The standard InChI is InChI=1S/C12H22N2O3S/c1-12(2)9-14(7-6-13-12)11(15)10-5-3-4-8-18(10,16)17/h10,13H,3-9H2,1-2H3. The Hall–Kier alpha value is -0.620. The van der Waals surface area contributed by atoms with Crippen molar-refractivity contribution in [2.45, 2.75) is 43.9 Å². The largest absolute Gasteiger partial charge is 0.338 e. The molecular weight excluding hydrogens is 252 g/mol. The maximum atomic E-state index is 12.4. The summed E-state index contributed by atoms with van der Waals surface area (Å²) in [5.74, 6) is -0.0249. The van der Waals surface area contributed by atoms with E-state index in [1.807, 2.05) is 13.8 Å². The molecule has 1 amide bonds. The minimum absolute atomic E-state index is 0.133. The number of carbonyl (C=O) groups is 1. The molecule has 0 bridgehead atoms. The van der Waals surface area contributed by atoms with E-state index >= 15 is 0 Å². The number of hydrogen-bond donors (Lipinski definition) is 1. The second kappa shape index (κ2) is 4.81. The van der Waals surface area contributed by atoms with E-state index in [0.29, 0.717) is 25.9 Å². The van der Waals surface area contributed by atoms with E-state index in [-0.39, 0.29) is 17.2 Å². The zero-order valence-corrected chi connectivity index (χ0v) is 11.9. The lowest BCUT2D eigenvalue weighted by molar-refractivity contribution is -0.133. The van der Waals surface area contributed by atoms with Crippen LogP contribution in [0, 0.1) is 0 Å². The highest BCUT2D eigenvalue weighted by Gasteiger charge is 2.39. The highest BCUT2D eigenvalue weighted by atomic mass is 32.2. The number of amides is 1. The zero-order chi connectivity index (χ0) is 13.4. The molecule has 0 aromatic heterocycles. The van der Waals surface area contributed by atoms with Crippen LogP contribution in [-0.4, -0.2) is 55.4 Å². The van der Waals surface area contributed by atoms with Crippen LogP contribution in [-0.2, 0) is 14.6 Å². The predicted octanol–water partition coefficient (Wildman–Crippen LogP) is 0.164. The molecule has 2 saturated heterocycles. The molecule has 18 heavy (non-hydrogen) atoms. The highest BCUT2D eigenvalue weighted by Crippen LogP contribution is 2.23. The van der Waals surface area contributed by atoms with Gasteiger partial charge in [0.15, 0.2) is 9.84 Å². The van der Waals surface area contributed by atoms with Crippen LogP contribution in [0.5, 0.6) is 0 Å². The number of rotatable bonds is 1. The maximum Gasteiger partial charge on any atom is 0.241 e. The Balaban J connectivity index is 2.11. The summed E-state index contributed by atoms with van der Waals surface area (Å²) in [6.07, 6.45) is 2.02. The Kier molecular flexibility index (Phi) is 3.69. The molecule has 0 aromatic rings. The molecule has 1 atom stereocenters. The fourth-order valence-electron chi connectivity index (χ4n) is 2.76. The molecular formula is C12H22N2O3S. The quantitative estimate of drug-likeness (QED) is 0.740. The van der Waals surface area contributed by atoms with Crippen molar-refractivity contribution in [3.05, 3.63) is 0 Å². The first-order chi connectivity index (χ1) is 8.32. The van der Waals surface area contributed by atoms with Gasteiger partial charge in [0, 0.05) is 25.2 Å².